The van der Waals surface area contributed by atoms with Gasteiger partial charge in [-0.1, -0.05) is 19.1 Å². The van der Waals surface area contributed by atoms with Crippen molar-refractivity contribution in [3.8, 4) is 5.75 Å². The molecule has 0 atom stereocenters. The van der Waals surface area contributed by atoms with Crippen LogP contribution in [0.4, 0.5) is 0 Å². The van der Waals surface area contributed by atoms with Gasteiger partial charge < -0.3 is 15.0 Å². The summed E-state index contributed by atoms with van der Waals surface area (Å²) in [7, 11) is 0. The van der Waals surface area contributed by atoms with Crippen LogP contribution in [0.25, 0.3) is 10.8 Å². The van der Waals surface area contributed by atoms with Gasteiger partial charge in [0, 0.05) is 11.6 Å². The van der Waals surface area contributed by atoms with E-state index in [1.165, 1.54) is 4.57 Å². The van der Waals surface area contributed by atoms with E-state index in [0.717, 1.165) is 17.6 Å². The molecule has 0 amide bonds. The number of pyridine rings is 1. The van der Waals surface area contributed by atoms with Crippen LogP contribution in [-0.4, -0.2) is 16.2 Å². The summed E-state index contributed by atoms with van der Waals surface area (Å²) < 4.78 is 7.06. The van der Waals surface area contributed by atoms with Crippen molar-refractivity contribution in [1.29, 1.82) is 0 Å². The van der Waals surface area contributed by atoms with Gasteiger partial charge in [-0.15, -0.1) is 0 Å². The van der Waals surface area contributed by atoms with E-state index < -0.39 is 0 Å². The zero-order valence-electron chi connectivity index (χ0n) is 10.8. The standard InChI is InChI=1S/C14H16N2O2S/c1-2-7-18-11-3-4-12-10(8-11)5-6-16(14(12)17)9-13(15)19/h3-6,8H,2,7,9H2,1H3,(H2,15,19). The molecule has 100 valence electrons. The Morgan fingerprint density at radius 3 is 2.89 bits per heavy atom. The van der Waals surface area contributed by atoms with Crippen LogP contribution in [0.2, 0.25) is 0 Å². The summed E-state index contributed by atoms with van der Waals surface area (Å²) >= 11 is 4.83. The molecule has 0 aliphatic heterocycles. The van der Waals surface area contributed by atoms with Gasteiger partial charge in [-0.25, -0.2) is 0 Å². The highest BCUT2D eigenvalue weighted by Crippen LogP contribution is 2.18. The maximum Gasteiger partial charge on any atom is 0.258 e. The van der Waals surface area contributed by atoms with Crippen molar-refractivity contribution in [2.75, 3.05) is 6.61 Å². The van der Waals surface area contributed by atoms with E-state index in [4.69, 9.17) is 22.7 Å². The predicted octanol–water partition coefficient (Wildman–Crippen LogP) is 2.08. The first-order valence-corrected chi connectivity index (χ1v) is 6.57. The van der Waals surface area contributed by atoms with E-state index in [-0.39, 0.29) is 12.1 Å². The lowest BCUT2D eigenvalue weighted by Crippen LogP contribution is -2.26. The molecule has 2 N–H and O–H groups in total. The SMILES string of the molecule is CCCOc1ccc2c(=O)n(CC(N)=S)ccc2c1. The Hall–Kier alpha value is -1.88. The lowest BCUT2D eigenvalue weighted by atomic mass is 10.1. The molecule has 0 bridgehead atoms. The van der Waals surface area contributed by atoms with Crippen molar-refractivity contribution >= 4 is 28.0 Å². The minimum absolute atomic E-state index is 0.0904. The molecule has 19 heavy (non-hydrogen) atoms. The van der Waals surface area contributed by atoms with E-state index in [2.05, 4.69) is 6.92 Å². The molecule has 5 heteroatoms. The molecule has 0 spiro atoms. The Balaban J connectivity index is 2.42. The van der Waals surface area contributed by atoms with E-state index in [9.17, 15) is 4.79 Å². The monoisotopic (exact) mass is 276 g/mol. The van der Waals surface area contributed by atoms with Crippen LogP contribution >= 0.6 is 12.2 Å². The Bertz CT molecular complexity index is 664. The predicted molar refractivity (Wildman–Crippen MR) is 80.8 cm³/mol. The Kier molecular flexibility index (Phi) is 4.16. The highest BCUT2D eigenvalue weighted by atomic mass is 32.1. The molecular formula is C14H16N2O2S. The number of ether oxygens (including phenoxy) is 1. The molecule has 0 saturated heterocycles. The number of thiocarbonyl (C=S) groups is 1. The van der Waals surface area contributed by atoms with Gasteiger partial charge in [0.1, 0.15) is 5.75 Å². The number of hydrogen-bond acceptors (Lipinski definition) is 3. The normalized spacial score (nSPS) is 10.6. The van der Waals surface area contributed by atoms with Gasteiger partial charge in [0.25, 0.3) is 5.56 Å². The maximum atomic E-state index is 12.2. The van der Waals surface area contributed by atoms with Gasteiger partial charge in [0.15, 0.2) is 0 Å². The third-order valence-electron chi connectivity index (χ3n) is 2.75. The first kappa shape index (κ1) is 13.5. The topological polar surface area (TPSA) is 57.2 Å². The molecule has 0 saturated carbocycles. The van der Waals surface area contributed by atoms with Crippen LogP contribution in [0.5, 0.6) is 5.75 Å². The number of nitrogens with zero attached hydrogens (tertiary/aromatic N) is 1. The zero-order valence-corrected chi connectivity index (χ0v) is 11.6. The average molecular weight is 276 g/mol. The van der Waals surface area contributed by atoms with Crippen molar-refractivity contribution in [1.82, 2.24) is 4.57 Å². The van der Waals surface area contributed by atoms with Crippen molar-refractivity contribution < 1.29 is 4.74 Å². The summed E-state index contributed by atoms with van der Waals surface area (Å²) in [6, 6.07) is 7.33. The number of rotatable bonds is 5. The third-order valence-corrected chi connectivity index (χ3v) is 2.88. The molecule has 4 nitrogen and oxygen atoms in total. The molecule has 2 rings (SSSR count). The van der Waals surface area contributed by atoms with Crippen LogP contribution < -0.4 is 16.0 Å². The second kappa shape index (κ2) is 5.84. The highest BCUT2D eigenvalue weighted by Gasteiger charge is 2.05. The molecule has 2 aromatic rings. The molecule has 0 radical (unpaired) electrons. The molecule has 1 aromatic carbocycles. The molecule has 0 aliphatic rings. The minimum atomic E-state index is -0.0904. The largest absolute Gasteiger partial charge is 0.494 e. The van der Waals surface area contributed by atoms with Crippen LogP contribution in [0.15, 0.2) is 35.3 Å². The lowest BCUT2D eigenvalue weighted by Gasteiger charge is -2.08. The fourth-order valence-corrected chi connectivity index (χ4v) is 2.01. The fraction of sp³-hybridized carbons (Fsp3) is 0.286. The number of aromatic nitrogens is 1. The quantitative estimate of drug-likeness (QED) is 0.849. The number of fused-ring (bicyclic) bond motifs is 1. The van der Waals surface area contributed by atoms with Gasteiger partial charge in [-0.3, -0.25) is 4.79 Å². The van der Waals surface area contributed by atoms with Gasteiger partial charge in [0.05, 0.1) is 18.1 Å². The van der Waals surface area contributed by atoms with Crippen LogP contribution in [0.3, 0.4) is 0 Å². The van der Waals surface area contributed by atoms with Crippen LogP contribution in [0, 0.1) is 0 Å². The molecule has 0 unspecified atom stereocenters. The number of hydrogen-bond donors (Lipinski definition) is 1. The van der Waals surface area contributed by atoms with Crippen molar-refractivity contribution in [2.45, 2.75) is 19.9 Å². The van der Waals surface area contributed by atoms with Crippen LogP contribution in [0.1, 0.15) is 13.3 Å². The minimum Gasteiger partial charge on any atom is -0.494 e. The fourth-order valence-electron chi connectivity index (χ4n) is 1.87. The molecular weight excluding hydrogens is 260 g/mol. The molecule has 0 fully saturated rings. The van der Waals surface area contributed by atoms with E-state index in [0.29, 0.717) is 17.0 Å². The van der Waals surface area contributed by atoms with Gasteiger partial charge in [-0.05, 0) is 36.1 Å². The summed E-state index contributed by atoms with van der Waals surface area (Å²) in [6.45, 7) is 2.98. The Morgan fingerprint density at radius 2 is 2.21 bits per heavy atom. The Morgan fingerprint density at radius 1 is 1.42 bits per heavy atom. The second-order valence-electron chi connectivity index (χ2n) is 4.31. The van der Waals surface area contributed by atoms with E-state index in [1.807, 2.05) is 18.2 Å². The number of benzene rings is 1. The first-order valence-electron chi connectivity index (χ1n) is 6.16. The van der Waals surface area contributed by atoms with Gasteiger partial charge in [-0.2, -0.15) is 0 Å². The molecule has 1 heterocycles. The van der Waals surface area contributed by atoms with Crippen LogP contribution in [-0.2, 0) is 6.54 Å². The first-order chi connectivity index (χ1) is 9.11. The maximum absolute atomic E-state index is 12.2. The third kappa shape index (κ3) is 3.12. The summed E-state index contributed by atoms with van der Waals surface area (Å²) in [4.78, 5) is 12.5. The van der Waals surface area contributed by atoms with Crippen molar-refractivity contribution in [2.24, 2.45) is 5.73 Å². The van der Waals surface area contributed by atoms with Crippen molar-refractivity contribution in [3.05, 3.63) is 40.8 Å². The molecule has 0 aliphatic carbocycles. The van der Waals surface area contributed by atoms with Crippen molar-refractivity contribution in [3.63, 3.8) is 0 Å². The number of nitrogens with two attached hydrogens (primary N) is 1. The summed E-state index contributed by atoms with van der Waals surface area (Å²) in [5.41, 5.74) is 5.38. The van der Waals surface area contributed by atoms with E-state index in [1.54, 1.807) is 12.3 Å². The highest BCUT2D eigenvalue weighted by molar-refractivity contribution is 7.80. The van der Waals surface area contributed by atoms with Gasteiger partial charge >= 0.3 is 0 Å². The smallest absolute Gasteiger partial charge is 0.258 e. The summed E-state index contributed by atoms with van der Waals surface area (Å²) in [5, 5.41) is 1.50. The average Bonchev–Trinajstić information content (AvgIpc) is 2.39. The lowest BCUT2D eigenvalue weighted by molar-refractivity contribution is 0.318. The Labute approximate surface area is 116 Å². The van der Waals surface area contributed by atoms with E-state index >= 15 is 0 Å². The van der Waals surface area contributed by atoms with Gasteiger partial charge in [0.2, 0.25) is 0 Å². The summed E-state index contributed by atoms with van der Waals surface area (Å²) in [6.07, 6.45) is 2.65. The summed E-state index contributed by atoms with van der Waals surface area (Å²) in [5.74, 6) is 0.779. The second-order valence-corrected chi connectivity index (χ2v) is 4.84. The zero-order chi connectivity index (χ0) is 13.8. The molecule has 1 aromatic heterocycles.